The maximum absolute atomic E-state index is 12.7. The number of ether oxygens (including phenoxy) is 1. The Balaban J connectivity index is 4.00. The first-order chi connectivity index (χ1) is 20.6. The van der Waals surface area contributed by atoms with Gasteiger partial charge in [-0.05, 0) is 12.8 Å². The quantitative estimate of drug-likeness (QED) is 0.0447. The largest absolute Gasteiger partial charge is 0.393 e. The number of hydrogen-bond donors (Lipinski definition) is 2. The molecule has 0 fully saturated rings. The van der Waals surface area contributed by atoms with Gasteiger partial charge in [0.05, 0.1) is 12.5 Å². The van der Waals surface area contributed by atoms with Crippen molar-refractivity contribution in [2.24, 2.45) is 5.92 Å². The van der Waals surface area contributed by atoms with Crippen molar-refractivity contribution >= 4 is 11.9 Å². The van der Waals surface area contributed by atoms with E-state index in [-0.39, 0.29) is 5.92 Å². The molecule has 5 nitrogen and oxygen atoms in total. The molecule has 42 heavy (non-hydrogen) atoms. The van der Waals surface area contributed by atoms with Crippen LogP contribution in [0.4, 0.5) is 0 Å². The summed E-state index contributed by atoms with van der Waals surface area (Å²) in [4.78, 5) is 24.5. The second kappa shape index (κ2) is 33.0. The first-order valence-electron chi connectivity index (χ1n) is 18.6. The van der Waals surface area contributed by atoms with Gasteiger partial charge in [-0.25, -0.2) is 4.79 Å². The first kappa shape index (κ1) is 41.1. The van der Waals surface area contributed by atoms with E-state index in [2.05, 4.69) is 13.8 Å². The van der Waals surface area contributed by atoms with E-state index in [0.29, 0.717) is 0 Å². The van der Waals surface area contributed by atoms with Crippen LogP contribution < -0.4 is 0 Å². The molecular weight excluding hydrogens is 524 g/mol. The number of hydrogen-bond acceptors (Lipinski definition) is 5. The van der Waals surface area contributed by atoms with Crippen LogP contribution in [-0.4, -0.2) is 34.9 Å². The highest BCUT2D eigenvalue weighted by Crippen LogP contribution is 2.22. The molecular formula is C37H72O5. The van der Waals surface area contributed by atoms with Crippen LogP contribution in [0, 0.1) is 5.92 Å². The van der Waals surface area contributed by atoms with Gasteiger partial charge in [-0.2, -0.15) is 0 Å². The second-order valence-corrected chi connectivity index (χ2v) is 12.9. The lowest BCUT2D eigenvalue weighted by molar-refractivity contribution is -0.170. The first-order valence-corrected chi connectivity index (χ1v) is 18.6. The van der Waals surface area contributed by atoms with Gasteiger partial charge >= 0.3 is 11.9 Å². The third-order valence-corrected chi connectivity index (χ3v) is 8.79. The third-order valence-electron chi connectivity index (χ3n) is 8.79. The Labute approximate surface area is 261 Å². The Kier molecular flexibility index (Phi) is 32.2. The number of esters is 2. The summed E-state index contributed by atoms with van der Waals surface area (Å²) in [7, 11) is 0. The SMILES string of the molecule is CCCCCCCCCCCCCCCCC(CCCCCCCCCCCCCCCC)C(=O)OC(=O)C(O)CO. The monoisotopic (exact) mass is 597 g/mol. The summed E-state index contributed by atoms with van der Waals surface area (Å²) in [5.74, 6) is -1.86. The van der Waals surface area contributed by atoms with E-state index in [4.69, 9.17) is 9.84 Å². The smallest absolute Gasteiger partial charge is 0.345 e. The molecule has 0 bridgehead atoms. The van der Waals surface area contributed by atoms with Gasteiger partial charge in [-0.15, -0.1) is 0 Å². The zero-order chi connectivity index (χ0) is 30.9. The van der Waals surface area contributed by atoms with Gasteiger partial charge in [0.2, 0.25) is 0 Å². The molecule has 0 saturated carbocycles. The van der Waals surface area contributed by atoms with E-state index in [1.807, 2.05) is 0 Å². The van der Waals surface area contributed by atoms with Crippen LogP contribution in [0.25, 0.3) is 0 Å². The molecule has 0 rings (SSSR count). The summed E-state index contributed by atoms with van der Waals surface area (Å²) < 4.78 is 4.92. The van der Waals surface area contributed by atoms with Crippen molar-refractivity contribution in [1.29, 1.82) is 0 Å². The highest BCUT2D eigenvalue weighted by atomic mass is 16.6. The minimum atomic E-state index is -1.64. The van der Waals surface area contributed by atoms with Crippen molar-refractivity contribution in [2.45, 2.75) is 213 Å². The van der Waals surface area contributed by atoms with Crippen molar-refractivity contribution in [3.63, 3.8) is 0 Å². The molecule has 0 amide bonds. The van der Waals surface area contributed by atoms with Crippen molar-refractivity contribution in [3.8, 4) is 0 Å². The Morgan fingerprint density at radius 2 is 0.714 bits per heavy atom. The molecule has 0 aromatic heterocycles. The lowest BCUT2D eigenvalue weighted by Gasteiger charge is -2.16. The zero-order valence-corrected chi connectivity index (χ0v) is 28.2. The standard InChI is InChI=1S/C37H72O5/c1-3-5-7-9-11-13-15-17-19-21-23-25-27-29-31-34(36(40)42-37(41)35(39)33-38)32-30-28-26-24-22-20-18-16-14-12-10-8-6-4-2/h34-35,38-39H,3-33H2,1-2H3. The summed E-state index contributed by atoms with van der Waals surface area (Å²) in [5.41, 5.74) is 0. The van der Waals surface area contributed by atoms with Gasteiger partial charge in [0.1, 0.15) is 0 Å². The summed E-state index contributed by atoms with van der Waals surface area (Å²) in [5, 5.41) is 18.5. The highest BCUT2D eigenvalue weighted by Gasteiger charge is 2.25. The number of aliphatic hydroxyl groups excluding tert-OH is 2. The van der Waals surface area contributed by atoms with Crippen molar-refractivity contribution in [1.82, 2.24) is 0 Å². The molecule has 0 heterocycles. The van der Waals surface area contributed by atoms with E-state index >= 15 is 0 Å². The predicted octanol–water partition coefficient (Wildman–Crippen LogP) is 10.8. The molecule has 0 spiro atoms. The van der Waals surface area contributed by atoms with E-state index in [9.17, 15) is 14.7 Å². The van der Waals surface area contributed by atoms with Crippen LogP contribution in [0.1, 0.15) is 206 Å². The molecule has 5 heteroatoms. The fraction of sp³-hybridized carbons (Fsp3) is 0.946. The number of carbonyl (C=O) groups excluding carboxylic acids is 2. The van der Waals surface area contributed by atoms with Crippen LogP contribution in [-0.2, 0) is 14.3 Å². The van der Waals surface area contributed by atoms with Gasteiger partial charge in [-0.1, -0.05) is 194 Å². The van der Waals surface area contributed by atoms with E-state index in [0.717, 1.165) is 38.5 Å². The molecule has 1 atom stereocenters. The molecule has 0 aromatic rings. The number of rotatable bonds is 33. The van der Waals surface area contributed by atoms with Crippen molar-refractivity contribution < 1.29 is 24.5 Å². The maximum atomic E-state index is 12.7. The van der Waals surface area contributed by atoms with Gasteiger partial charge in [0, 0.05) is 0 Å². The third kappa shape index (κ3) is 27.9. The number of carbonyl (C=O) groups is 2. The van der Waals surface area contributed by atoms with Gasteiger partial charge in [0.15, 0.2) is 6.10 Å². The molecule has 0 radical (unpaired) electrons. The molecule has 250 valence electrons. The zero-order valence-electron chi connectivity index (χ0n) is 28.2. The molecule has 0 aliphatic carbocycles. The fourth-order valence-electron chi connectivity index (χ4n) is 5.88. The van der Waals surface area contributed by atoms with Crippen LogP contribution in [0.3, 0.4) is 0 Å². The summed E-state index contributed by atoms with van der Waals surface area (Å²) in [6.45, 7) is 3.81. The topological polar surface area (TPSA) is 83.8 Å². The van der Waals surface area contributed by atoms with Crippen LogP contribution in [0.2, 0.25) is 0 Å². The Bertz CT molecular complexity index is 547. The summed E-state index contributed by atoms with van der Waals surface area (Å²) >= 11 is 0. The maximum Gasteiger partial charge on any atom is 0.345 e. The lowest BCUT2D eigenvalue weighted by Crippen LogP contribution is -2.31. The van der Waals surface area contributed by atoms with E-state index in [1.165, 1.54) is 154 Å². The number of unbranched alkanes of at least 4 members (excludes halogenated alkanes) is 26. The lowest BCUT2D eigenvalue weighted by atomic mass is 9.94. The summed E-state index contributed by atoms with van der Waals surface area (Å²) in [6, 6.07) is 0. The summed E-state index contributed by atoms with van der Waals surface area (Å²) in [6.07, 6.45) is 36.2. The Hall–Kier alpha value is -0.940. The number of aliphatic hydroxyl groups is 2. The van der Waals surface area contributed by atoms with Gasteiger partial charge in [0.25, 0.3) is 0 Å². The predicted molar refractivity (Wildman–Crippen MR) is 178 cm³/mol. The normalized spacial score (nSPS) is 12.2. The molecule has 2 N–H and O–H groups in total. The minimum Gasteiger partial charge on any atom is -0.393 e. The highest BCUT2D eigenvalue weighted by molar-refractivity contribution is 5.88. The van der Waals surface area contributed by atoms with E-state index < -0.39 is 24.6 Å². The Morgan fingerprint density at radius 1 is 0.452 bits per heavy atom. The minimum absolute atomic E-state index is 0.297. The van der Waals surface area contributed by atoms with Crippen LogP contribution in [0.15, 0.2) is 0 Å². The molecule has 0 saturated heterocycles. The molecule has 0 aromatic carbocycles. The second-order valence-electron chi connectivity index (χ2n) is 12.9. The van der Waals surface area contributed by atoms with Crippen LogP contribution >= 0.6 is 0 Å². The van der Waals surface area contributed by atoms with Crippen molar-refractivity contribution in [2.75, 3.05) is 6.61 Å². The fourth-order valence-corrected chi connectivity index (χ4v) is 5.88. The molecule has 1 unspecified atom stereocenters. The Morgan fingerprint density at radius 3 is 0.976 bits per heavy atom. The van der Waals surface area contributed by atoms with Crippen molar-refractivity contribution in [3.05, 3.63) is 0 Å². The average molecular weight is 597 g/mol. The van der Waals surface area contributed by atoms with Gasteiger partial charge < -0.3 is 14.9 Å². The van der Waals surface area contributed by atoms with E-state index in [1.54, 1.807) is 0 Å². The van der Waals surface area contributed by atoms with Crippen LogP contribution in [0.5, 0.6) is 0 Å². The molecule has 0 aliphatic rings. The molecule has 0 aliphatic heterocycles. The van der Waals surface area contributed by atoms with Gasteiger partial charge in [-0.3, -0.25) is 4.79 Å². The average Bonchev–Trinajstić information content (AvgIpc) is 2.99.